The fraction of sp³-hybridized carbons (Fsp3) is 1.00. The van der Waals surface area contributed by atoms with Crippen LogP contribution in [0.3, 0.4) is 0 Å². The minimum atomic E-state index is 1.02. The van der Waals surface area contributed by atoms with E-state index in [1.807, 2.05) is 0 Å². The summed E-state index contributed by atoms with van der Waals surface area (Å²) in [6, 6.07) is 0. The number of hydrogen-bond acceptors (Lipinski definition) is 0. The van der Waals surface area contributed by atoms with Crippen molar-refractivity contribution < 1.29 is 0 Å². The third-order valence-corrected chi connectivity index (χ3v) is 3.50. The van der Waals surface area contributed by atoms with Crippen molar-refractivity contribution >= 4 is 0 Å². The summed E-state index contributed by atoms with van der Waals surface area (Å²) in [7, 11) is 0. The van der Waals surface area contributed by atoms with Crippen LogP contribution < -0.4 is 0 Å². The van der Waals surface area contributed by atoms with E-state index in [4.69, 9.17) is 0 Å². The third-order valence-electron chi connectivity index (χ3n) is 3.50. The Bertz CT molecular complexity index is 117. The van der Waals surface area contributed by atoms with Crippen LogP contribution in [0.1, 0.15) is 59.3 Å². The van der Waals surface area contributed by atoms with E-state index in [-0.39, 0.29) is 0 Å². The van der Waals surface area contributed by atoms with Gasteiger partial charge >= 0.3 is 0 Å². The molecule has 0 bridgehead atoms. The van der Waals surface area contributed by atoms with E-state index < -0.39 is 0 Å². The Morgan fingerprint density at radius 3 is 2.50 bits per heavy atom. The first kappa shape index (κ1) is 10.1. The highest BCUT2D eigenvalue weighted by molar-refractivity contribution is 4.88. The van der Waals surface area contributed by atoms with Crippen molar-refractivity contribution in [3.63, 3.8) is 0 Å². The molecule has 0 spiro atoms. The Morgan fingerprint density at radius 2 is 2.00 bits per heavy atom. The van der Waals surface area contributed by atoms with Gasteiger partial charge < -0.3 is 0 Å². The summed E-state index contributed by atoms with van der Waals surface area (Å²) in [6.07, 6.45) is 8.70. The zero-order chi connectivity index (χ0) is 8.97. The van der Waals surface area contributed by atoms with Crippen molar-refractivity contribution in [1.82, 2.24) is 0 Å². The van der Waals surface area contributed by atoms with Crippen LogP contribution in [-0.4, -0.2) is 0 Å². The molecule has 0 aromatic heterocycles. The van der Waals surface area contributed by atoms with Crippen LogP contribution in [0.25, 0.3) is 0 Å². The predicted octanol–water partition coefficient (Wildman–Crippen LogP) is 4.25. The molecule has 72 valence electrons. The molecule has 0 radical (unpaired) electrons. The van der Waals surface area contributed by atoms with Gasteiger partial charge in [-0.05, 0) is 24.2 Å². The monoisotopic (exact) mass is 168 g/mol. The molecule has 0 aliphatic heterocycles. The Hall–Kier alpha value is 0. The van der Waals surface area contributed by atoms with Gasteiger partial charge in [0.1, 0.15) is 0 Å². The van der Waals surface area contributed by atoms with Gasteiger partial charge in [-0.2, -0.15) is 0 Å². The molecule has 3 unspecified atom stereocenters. The summed E-state index contributed by atoms with van der Waals surface area (Å²) >= 11 is 0. The summed E-state index contributed by atoms with van der Waals surface area (Å²) in [5.74, 6) is 3.22. The Balaban J connectivity index is 2.01. The van der Waals surface area contributed by atoms with Gasteiger partial charge in [-0.1, -0.05) is 52.9 Å². The Labute approximate surface area is 77.7 Å². The van der Waals surface area contributed by atoms with Gasteiger partial charge in [0, 0.05) is 0 Å². The molecule has 1 aliphatic rings. The SMILES string of the molecule is CCCCCC(C)C1CC1CC. The average Bonchev–Trinajstić information content (AvgIpc) is 2.83. The van der Waals surface area contributed by atoms with Crippen LogP contribution in [0.2, 0.25) is 0 Å². The molecule has 0 amide bonds. The predicted molar refractivity (Wildman–Crippen MR) is 55.2 cm³/mol. The zero-order valence-electron chi connectivity index (χ0n) is 8.97. The molecule has 1 rings (SSSR count). The largest absolute Gasteiger partial charge is 0.0654 e. The lowest BCUT2D eigenvalue weighted by atomic mass is 9.97. The first-order valence-electron chi connectivity index (χ1n) is 5.79. The van der Waals surface area contributed by atoms with Gasteiger partial charge in [0.25, 0.3) is 0 Å². The molecule has 0 saturated heterocycles. The highest BCUT2D eigenvalue weighted by atomic mass is 14.4. The first-order valence-corrected chi connectivity index (χ1v) is 5.79. The highest BCUT2D eigenvalue weighted by Gasteiger charge is 2.38. The van der Waals surface area contributed by atoms with Crippen LogP contribution in [-0.2, 0) is 0 Å². The molecule has 0 nitrogen and oxygen atoms in total. The molecule has 3 atom stereocenters. The molecule has 1 saturated carbocycles. The minimum Gasteiger partial charge on any atom is -0.0654 e. The average molecular weight is 168 g/mol. The molecule has 0 heterocycles. The topological polar surface area (TPSA) is 0 Å². The number of rotatable bonds is 6. The maximum absolute atomic E-state index is 2.45. The van der Waals surface area contributed by atoms with Gasteiger partial charge in [0.05, 0.1) is 0 Å². The van der Waals surface area contributed by atoms with Gasteiger partial charge in [-0.15, -0.1) is 0 Å². The fourth-order valence-corrected chi connectivity index (χ4v) is 2.37. The smallest absolute Gasteiger partial charge is 0.0357 e. The van der Waals surface area contributed by atoms with Crippen LogP contribution in [0.15, 0.2) is 0 Å². The number of unbranched alkanes of at least 4 members (excludes halogenated alkanes) is 2. The fourth-order valence-electron chi connectivity index (χ4n) is 2.37. The molecule has 0 aromatic carbocycles. The van der Waals surface area contributed by atoms with Crippen LogP contribution in [0.4, 0.5) is 0 Å². The van der Waals surface area contributed by atoms with Gasteiger partial charge in [0.2, 0.25) is 0 Å². The summed E-state index contributed by atoms with van der Waals surface area (Å²) in [5, 5.41) is 0. The highest BCUT2D eigenvalue weighted by Crippen LogP contribution is 2.47. The first-order chi connectivity index (χ1) is 5.79. The van der Waals surface area contributed by atoms with Gasteiger partial charge in [0.15, 0.2) is 0 Å². The molecule has 0 aromatic rings. The van der Waals surface area contributed by atoms with Crippen molar-refractivity contribution in [2.75, 3.05) is 0 Å². The molecular formula is C12H24. The van der Waals surface area contributed by atoms with E-state index in [9.17, 15) is 0 Å². The van der Waals surface area contributed by atoms with E-state index in [0.29, 0.717) is 0 Å². The van der Waals surface area contributed by atoms with E-state index in [0.717, 1.165) is 17.8 Å². The standard InChI is InChI=1S/C12H24/c1-4-6-7-8-10(3)12-9-11(12)5-2/h10-12H,4-9H2,1-3H3. The van der Waals surface area contributed by atoms with Gasteiger partial charge in [-0.25, -0.2) is 0 Å². The Morgan fingerprint density at radius 1 is 1.25 bits per heavy atom. The van der Waals surface area contributed by atoms with E-state index in [1.165, 1.54) is 38.5 Å². The van der Waals surface area contributed by atoms with Crippen molar-refractivity contribution in [1.29, 1.82) is 0 Å². The summed E-state index contributed by atoms with van der Waals surface area (Å²) in [6.45, 7) is 7.08. The summed E-state index contributed by atoms with van der Waals surface area (Å²) in [5.41, 5.74) is 0. The zero-order valence-corrected chi connectivity index (χ0v) is 8.97. The van der Waals surface area contributed by atoms with E-state index in [1.54, 1.807) is 0 Å². The molecule has 0 N–H and O–H groups in total. The normalized spacial score (nSPS) is 30.2. The maximum atomic E-state index is 2.45. The third kappa shape index (κ3) is 2.80. The van der Waals surface area contributed by atoms with Crippen molar-refractivity contribution in [2.24, 2.45) is 17.8 Å². The lowest BCUT2D eigenvalue weighted by Gasteiger charge is -2.09. The second-order valence-corrected chi connectivity index (χ2v) is 4.54. The molecular weight excluding hydrogens is 144 g/mol. The molecule has 12 heavy (non-hydrogen) atoms. The summed E-state index contributed by atoms with van der Waals surface area (Å²) in [4.78, 5) is 0. The van der Waals surface area contributed by atoms with Crippen LogP contribution >= 0.6 is 0 Å². The van der Waals surface area contributed by atoms with Crippen LogP contribution in [0, 0.1) is 17.8 Å². The second kappa shape index (κ2) is 4.89. The molecule has 1 aliphatic carbocycles. The van der Waals surface area contributed by atoms with Crippen molar-refractivity contribution in [2.45, 2.75) is 59.3 Å². The molecule has 0 heteroatoms. The quantitative estimate of drug-likeness (QED) is 0.520. The second-order valence-electron chi connectivity index (χ2n) is 4.54. The maximum Gasteiger partial charge on any atom is -0.0357 e. The Kier molecular flexibility index (Phi) is 4.11. The van der Waals surface area contributed by atoms with Gasteiger partial charge in [-0.3, -0.25) is 0 Å². The van der Waals surface area contributed by atoms with E-state index in [2.05, 4.69) is 20.8 Å². The lowest BCUT2D eigenvalue weighted by Crippen LogP contribution is -1.98. The van der Waals surface area contributed by atoms with E-state index >= 15 is 0 Å². The minimum absolute atomic E-state index is 1.02. The van der Waals surface area contributed by atoms with Crippen molar-refractivity contribution in [3.05, 3.63) is 0 Å². The van der Waals surface area contributed by atoms with Crippen LogP contribution in [0.5, 0.6) is 0 Å². The van der Waals surface area contributed by atoms with Crippen molar-refractivity contribution in [3.8, 4) is 0 Å². The number of hydrogen-bond donors (Lipinski definition) is 0. The molecule has 1 fully saturated rings. The summed E-state index contributed by atoms with van der Waals surface area (Å²) < 4.78 is 0. The lowest BCUT2D eigenvalue weighted by molar-refractivity contribution is 0.419.